The Hall–Kier alpha value is -7.46. The zero-order valence-electron chi connectivity index (χ0n) is 95.6. The summed E-state index contributed by atoms with van der Waals surface area (Å²) < 4.78 is 56.4. The average molecular weight is 2120 g/mol. The monoisotopic (exact) mass is 2120 g/mol. The van der Waals surface area contributed by atoms with Crippen molar-refractivity contribution in [1.82, 2.24) is 14.7 Å². The summed E-state index contributed by atoms with van der Waals surface area (Å²) in [5, 5.41) is 68.8. The molecular formula is C120H192FN4O24Si+. The number of ether oxygens (including phenoxy) is 6. The molecule has 0 saturated carbocycles. The van der Waals surface area contributed by atoms with Crippen molar-refractivity contribution in [2.45, 2.75) is 471 Å². The Morgan fingerprint density at radius 1 is 0.407 bits per heavy atom. The third-order valence-corrected chi connectivity index (χ3v) is 39.0. The van der Waals surface area contributed by atoms with Crippen molar-refractivity contribution in [2.24, 2.45) is 71.0 Å². The summed E-state index contributed by atoms with van der Waals surface area (Å²) in [4.78, 5) is 159. The van der Waals surface area contributed by atoms with Gasteiger partial charge >= 0.3 is 23.7 Å². The highest BCUT2D eigenvalue weighted by molar-refractivity contribution is 6.72. The molecule has 846 valence electrons. The van der Waals surface area contributed by atoms with Crippen molar-refractivity contribution in [2.75, 3.05) is 39.3 Å². The summed E-state index contributed by atoms with van der Waals surface area (Å²) in [6, 6.07) is 27.6. The third-order valence-electron chi connectivity index (χ3n) is 35.4. The predicted octanol–water partition coefficient (Wildman–Crippen LogP) is 18.9. The standard InChI is InChI=1S/2C36H53NO8.C36H55NO7.C6H15FN.C6H16OSi/c2*1-5-27(22-26-14-8-6-9-15-26)31-18-11-7-10-17-29(38)24(3)32(39)25(4)30-20-19-23(2)36(43,45-30)33(40)34(41)37-21-13-12-16-28(37)35(42)44-31;1-5-28(23-27-16-10-8-11-17-27)31-19-12-7-6-9-15-24(2)32(38)26(4)30-21-20-25(3)33(39)36(42,44-30)35(41)37-22-14-13-18-29(37)34(40)43-31;1-4-8(7,5-2)6-3;1-6(2,3)8(4,5)7/h2*6,8-9,14-15,23-25,27-28,30-32,39,43H,5,7,10-13,16-22H2,1-4H3;8,10-11,16-17,24-26,28-32,38,42H,5-7,9,12-15,18-23H2,1-4H3;4-6H2,1-3H3;7H,1-5H3/q;;;+1;/t2*23-,24-,25+,27-,28+,30+,31+,32+,36-;24-,25-,26+,28-,29+,30+,31+,32+,36?;;/m111../s1/i;;;;7T. The van der Waals surface area contributed by atoms with Gasteiger partial charge in [-0.3, -0.25) is 38.4 Å². The van der Waals surface area contributed by atoms with E-state index in [-0.39, 0.29) is 76.6 Å². The maximum atomic E-state index is 14.2. The second-order valence-corrected chi connectivity index (χ2v) is 51.5. The van der Waals surface area contributed by atoms with Crippen LogP contribution in [0.3, 0.4) is 0 Å². The van der Waals surface area contributed by atoms with E-state index >= 15 is 0 Å². The molecule has 9 fully saturated rings. The minimum absolute atomic E-state index is 0.00294. The predicted molar refractivity (Wildman–Crippen MR) is 578 cm³/mol. The second kappa shape index (κ2) is 60.2. The molecule has 3 aromatic carbocycles. The van der Waals surface area contributed by atoms with E-state index < -0.39 is 187 Å². The number of rotatable bonds is 16. The summed E-state index contributed by atoms with van der Waals surface area (Å²) in [7, 11) is -1.71. The van der Waals surface area contributed by atoms with Crippen LogP contribution in [0.4, 0.5) is 4.48 Å². The Balaban J connectivity index is 0.000000255. The Labute approximate surface area is 898 Å². The number of hydrogen-bond acceptors (Lipinski definition) is 24. The molecule has 150 heavy (non-hydrogen) atoms. The van der Waals surface area contributed by atoms with Gasteiger partial charge in [0.1, 0.15) is 67.6 Å². The number of halogens is 1. The fourth-order valence-electron chi connectivity index (χ4n) is 22.9. The maximum Gasteiger partial charge on any atom is 0.329 e. The van der Waals surface area contributed by atoms with E-state index in [1.807, 2.05) is 89.2 Å². The number of ketones is 5. The van der Waals surface area contributed by atoms with Crippen LogP contribution >= 0.6 is 0 Å². The molecule has 1 unspecified atom stereocenters. The van der Waals surface area contributed by atoms with Crippen LogP contribution in [-0.2, 0) is 100 Å². The number of Topliss-reactive ketones (excluding diaryl/α,β-unsaturated/α-hetero) is 5. The molecule has 9 aliphatic rings. The molecule has 6 bridgehead atoms. The summed E-state index contributed by atoms with van der Waals surface area (Å²) in [5.74, 6) is -19.3. The summed E-state index contributed by atoms with van der Waals surface area (Å²) in [5.41, 5.74) is 3.49. The Kier molecular flexibility index (Phi) is 50.5. The SMILES string of the molecule is CC[C@H](Cc1ccccc1)[C@@H]1CCCCCC(=O)[C@@H](C)[C@H](O)[C@@H](C)[C@@H]2CC[C@@H](C)[C@@](O)(O2)C(=O)C(=O)N2CCCC[C@H]2C(=O)O1.CC[C@H](Cc1ccccc1)[C@@H]1CCCCCC(=O)[C@@H](C)[C@H](O)[C@@H](C)[C@@H]2CC[C@@H](C)[C@@](O)(O2)C(=O)C(=O)N2CCCC[C@H]2C(=O)O1.CC[C@H](Cc1ccccc1)[C@@H]1CCCCCC[C@@H](C)[C@H](O)[C@@H](C)[C@@H]2CC[C@@H](C)C(=O)C(O)(O2)C(=O)N2CCCC[C@H]2C(=O)O1.CC[N+](F)(CC)CC.[3H]O[Si](C)(C)C(C)(C)C. The van der Waals surface area contributed by atoms with Crippen LogP contribution in [0, 0.1) is 71.0 Å². The number of quaternary nitrogens is 1. The molecule has 9 saturated heterocycles. The molecule has 30 heteroatoms. The number of hydrogen-bond donors (Lipinski definition) is 7. The number of benzene rings is 3. The van der Waals surface area contributed by atoms with Crippen molar-refractivity contribution in [1.29, 1.82) is 1.43 Å². The van der Waals surface area contributed by atoms with Crippen LogP contribution in [0.5, 0.6) is 0 Å². The highest BCUT2D eigenvalue weighted by Gasteiger charge is 2.59. The molecule has 3 amide bonds. The van der Waals surface area contributed by atoms with E-state index in [0.29, 0.717) is 148 Å². The van der Waals surface area contributed by atoms with Crippen LogP contribution in [0.2, 0.25) is 18.1 Å². The lowest BCUT2D eigenvalue weighted by atomic mass is 9.79. The molecule has 28 nitrogen and oxygen atoms in total. The quantitative estimate of drug-likeness (QED) is 0.0175. The number of carbonyl (C=O) groups excluding carboxylic acids is 11. The highest BCUT2D eigenvalue weighted by atomic mass is 28.4. The van der Waals surface area contributed by atoms with Crippen molar-refractivity contribution in [3.05, 3.63) is 108 Å². The zero-order chi connectivity index (χ0) is 112. The third kappa shape index (κ3) is 34.8. The number of fused-ring (bicyclic) bond motifs is 9. The van der Waals surface area contributed by atoms with E-state index in [1.54, 1.807) is 48.5 Å². The molecule has 9 aliphatic heterocycles. The van der Waals surface area contributed by atoms with Crippen LogP contribution in [0.1, 0.15) is 360 Å². The number of aliphatic hydroxyl groups excluding tert-OH is 3. The van der Waals surface area contributed by atoms with Gasteiger partial charge in [-0.1, -0.05) is 227 Å². The highest BCUT2D eigenvalue weighted by Crippen LogP contribution is 2.44. The van der Waals surface area contributed by atoms with Gasteiger partial charge in [0.05, 0.1) is 36.6 Å². The Bertz CT molecular complexity index is 4540. The van der Waals surface area contributed by atoms with Gasteiger partial charge in [0, 0.05) is 79.8 Å². The van der Waals surface area contributed by atoms with E-state index in [1.165, 1.54) is 20.3 Å². The molecule has 0 aliphatic carbocycles. The smallest absolute Gasteiger partial charge is 0.329 e. The average Bonchev–Trinajstić information content (AvgIpc) is 1.28. The molecule has 0 spiro atoms. The van der Waals surface area contributed by atoms with Crippen molar-refractivity contribution >= 4 is 72.9 Å². The van der Waals surface area contributed by atoms with Crippen molar-refractivity contribution in [3.8, 4) is 0 Å². The van der Waals surface area contributed by atoms with Crippen LogP contribution in [-0.4, -0.2) is 259 Å². The molecule has 27 atom stereocenters. The summed E-state index contributed by atoms with van der Waals surface area (Å²) >= 11 is 0. The fraction of sp³-hybridized carbons (Fsp3) is 0.758. The van der Waals surface area contributed by atoms with Crippen molar-refractivity contribution < 1.29 is 126 Å². The fourth-order valence-corrected chi connectivity index (χ4v) is 22.9. The first kappa shape index (κ1) is 126. The number of piperidine rings is 3. The van der Waals surface area contributed by atoms with E-state index in [9.17, 15) is 87.9 Å². The van der Waals surface area contributed by atoms with Crippen LogP contribution < -0.4 is 0 Å². The lowest BCUT2D eigenvalue weighted by Crippen LogP contribution is -2.62. The molecule has 9 heterocycles. The van der Waals surface area contributed by atoms with Gasteiger partial charge in [0.25, 0.3) is 29.3 Å². The molecule has 0 radical (unpaired) electrons. The molecule has 7 N–H and O–H groups in total. The second-order valence-electron chi connectivity index (χ2n) is 47.0. The number of aliphatic hydroxyl groups is 6. The molecule has 12 rings (SSSR count). The lowest BCUT2D eigenvalue weighted by Gasteiger charge is -2.44. The largest absolute Gasteiger partial charge is 0.461 e. The van der Waals surface area contributed by atoms with Gasteiger partial charge in [-0.25, -0.2) is 14.4 Å². The molecular weight excluding hydrogens is 1930 g/mol. The molecule has 3 aromatic rings. The van der Waals surface area contributed by atoms with Crippen LogP contribution in [0.15, 0.2) is 91.0 Å². The number of esters is 3. The Morgan fingerprint density at radius 2 is 0.720 bits per heavy atom. The summed E-state index contributed by atoms with van der Waals surface area (Å²) in [6.45, 7) is 40.6. The van der Waals surface area contributed by atoms with Gasteiger partial charge in [0.15, 0.2) is 9.75 Å². The summed E-state index contributed by atoms with van der Waals surface area (Å²) in [6.07, 6.45) is 18.3. The van der Waals surface area contributed by atoms with Gasteiger partial charge in [0.2, 0.25) is 17.4 Å². The van der Waals surface area contributed by atoms with E-state index in [0.717, 1.165) is 120 Å². The first-order valence-electron chi connectivity index (χ1n) is 58.2. The van der Waals surface area contributed by atoms with Gasteiger partial charge in [-0.2, -0.15) is 0 Å². The van der Waals surface area contributed by atoms with Crippen LogP contribution in [0.25, 0.3) is 0 Å². The van der Waals surface area contributed by atoms with Crippen molar-refractivity contribution in [3.63, 3.8) is 0 Å². The van der Waals surface area contributed by atoms with Gasteiger partial charge < -0.3 is 78.6 Å². The zero-order valence-corrected chi connectivity index (χ0v) is 95.6. The topological polar surface area (TPSA) is 394 Å². The van der Waals surface area contributed by atoms with E-state index in [2.05, 4.69) is 91.0 Å². The maximum absolute atomic E-state index is 14.2. The molecule has 0 aromatic heterocycles. The van der Waals surface area contributed by atoms with Gasteiger partial charge in [-0.05, 0) is 276 Å². The normalized spacial score (nSPS) is 33.3. The Morgan fingerprint density at radius 3 is 1.05 bits per heavy atom. The number of cyclic esters (lactones) is 3. The van der Waals surface area contributed by atoms with Gasteiger partial charge in [-0.15, -0.1) is 4.71 Å². The first-order chi connectivity index (χ1) is 71.5. The number of nitrogens with zero attached hydrogens (tertiary/aromatic N) is 4. The number of carbonyl (C=O) groups is 11. The van der Waals surface area contributed by atoms with E-state index in [4.69, 9.17) is 34.7 Å². The first-order valence-corrected chi connectivity index (χ1v) is 60.7. The minimum atomic E-state index is -2.71. The minimum Gasteiger partial charge on any atom is -0.461 e. The lowest BCUT2D eigenvalue weighted by molar-refractivity contribution is -1.05. The number of amides is 3.